The van der Waals surface area contributed by atoms with Crippen LogP contribution in [0.3, 0.4) is 0 Å². The molecule has 1 aromatic carbocycles. The zero-order valence-electron chi connectivity index (χ0n) is 16.3. The minimum Gasteiger partial charge on any atom is -0.489 e. The molecule has 0 saturated carbocycles. The number of carbonyl (C=O) groups excluding carboxylic acids is 1. The number of rotatable bonds is 9. The van der Waals surface area contributed by atoms with Crippen LogP contribution in [0.25, 0.3) is 0 Å². The van der Waals surface area contributed by atoms with Crippen LogP contribution >= 0.6 is 0 Å². The monoisotopic (exact) mass is 397 g/mol. The number of carboxylic acid groups (broad SMARTS) is 1. The molecule has 2 rings (SSSR count). The summed E-state index contributed by atoms with van der Waals surface area (Å²) < 4.78 is 24.6. The van der Waals surface area contributed by atoms with Crippen molar-refractivity contribution in [1.82, 2.24) is 15.1 Å². The molecule has 0 aliphatic carbocycles. The number of amides is 2. The van der Waals surface area contributed by atoms with Gasteiger partial charge in [-0.15, -0.1) is 0 Å². The Hall–Kier alpha value is -2.39. The highest BCUT2D eigenvalue weighted by atomic mass is 19.1. The maximum Gasteiger partial charge on any atom is 0.317 e. The highest BCUT2D eigenvalue weighted by Crippen LogP contribution is 2.15. The molecule has 2 unspecified atom stereocenters. The normalized spacial score (nSPS) is 18.0. The van der Waals surface area contributed by atoms with Crippen LogP contribution in [0.15, 0.2) is 24.3 Å². The maximum absolute atomic E-state index is 13.3. The van der Waals surface area contributed by atoms with Crippen LogP contribution in [-0.2, 0) is 9.53 Å². The van der Waals surface area contributed by atoms with Gasteiger partial charge in [0.2, 0.25) is 0 Å². The van der Waals surface area contributed by atoms with E-state index in [1.165, 1.54) is 12.1 Å². The summed E-state index contributed by atoms with van der Waals surface area (Å²) in [5.41, 5.74) is 0. The highest BCUT2D eigenvalue weighted by Gasteiger charge is 2.26. The number of carboxylic acids is 1. The van der Waals surface area contributed by atoms with Gasteiger partial charge < -0.3 is 24.8 Å². The first-order chi connectivity index (χ1) is 13.4. The molecule has 1 aliphatic heterocycles. The van der Waals surface area contributed by atoms with Crippen molar-refractivity contribution < 1.29 is 28.6 Å². The first-order valence-corrected chi connectivity index (χ1v) is 9.34. The van der Waals surface area contributed by atoms with Gasteiger partial charge in [0.25, 0.3) is 0 Å². The second-order valence-electron chi connectivity index (χ2n) is 6.82. The van der Waals surface area contributed by atoms with Crippen molar-refractivity contribution in [3.8, 4) is 5.75 Å². The third-order valence-corrected chi connectivity index (χ3v) is 4.38. The number of hydrogen-bond donors (Lipinski definition) is 2. The zero-order chi connectivity index (χ0) is 20.5. The second kappa shape index (κ2) is 10.8. The molecule has 1 saturated heterocycles. The molecule has 2 atom stereocenters. The van der Waals surface area contributed by atoms with Gasteiger partial charge in [-0.05, 0) is 25.6 Å². The average Bonchev–Trinajstić information content (AvgIpc) is 2.64. The Morgan fingerprint density at radius 2 is 2.29 bits per heavy atom. The van der Waals surface area contributed by atoms with E-state index in [4.69, 9.17) is 14.6 Å². The Morgan fingerprint density at radius 1 is 1.50 bits per heavy atom. The van der Waals surface area contributed by atoms with Gasteiger partial charge in [0.05, 0.1) is 25.8 Å². The quantitative estimate of drug-likeness (QED) is 0.655. The Balaban J connectivity index is 1.79. The molecule has 1 aliphatic rings. The van der Waals surface area contributed by atoms with Gasteiger partial charge >= 0.3 is 12.0 Å². The topological polar surface area (TPSA) is 91.3 Å². The summed E-state index contributed by atoms with van der Waals surface area (Å²) in [4.78, 5) is 26.5. The summed E-state index contributed by atoms with van der Waals surface area (Å²) in [6.45, 7) is 3.82. The number of nitrogens with zero attached hydrogens (tertiary/aromatic N) is 2. The minimum atomic E-state index is -0.906. The van der Waals surface area contributed by atoms with E-state index in [1.54, 1.807) is 29.0 Å². The SMILES string of the molecule is CCC(CNC(=O)N1CCOC(CN(C)CC(=O)O)C1)Oc1cccc(F)c1. The van der Waals surface area contributed by atoms with Gasteiger partial charge in [0.1, 0.15) is 17.7 Å². The first-order valence-electron chi connectivity index (χ1n) is 9.34. The second-order valence-corrected chi connectivity index (χ2v) is 6.82. The number of nitrogens with one attached hydrogen (secondary N) is 1. The fraction of sp³-hybridized carbons (Fsp3) is 0.579. The largest absolute Gasteiger partial charge is 0.489 e. The lowest BCUT2D eigenvalue weighted by atomic mass is 10.2. The molecule has 156 valence electrons. The van der Waals surface area contributed by atoms with Crippen molar-refractivity contribution in [1.29, 1.82) is 0 Å². The molecule has 28 heavy (non-hydrogen) atoms. The summed E-state index contributed by atoms with van der Waals surface area (Å²) in [6.07, 6.45) is 0.140. The smallest absolute Gasteiger partial charge is 0.317 e. The molecule has 1 fully saturated rings. The first kappa shape index (κ1) is 21.9. The molecular weight excluding hydrogens is 369 g/mol. The van der Waals surface area contributed by atoms with Crippen molar-refractivity contribution in [2.75, 3.05) is 46.4 Å². The van der Waals surface area contributed by atoms with E-state index >= 15 is 0 Å². The molecule has 0 bridgehead atoms. The van der Waals surface area contributed by atoms with Crippen molar-refractivity contribution in [3.63, 3.8) is 0 Å². The minimum absolute atomic E-state index is 0.0817. The third-order valence-electron chi connectivity index (χ3n) is 4.38. The lowest BCUT2D eigenvalue weighted by Gasteiger charge is -2.34. The van der Waals surface area contributed by atoms with Crippen molar-refractivity contribution in [3.05, 3.63) is 30.1 Å². The fourth-order valence-electron chi connectivity index (χ4n) is 2.97. The van der Waals surface area contributed by atoms with E-state index in [1.807, 2.05) is 6.92 Å². The fourth-order valence-corrected chi connectivity index (χ4v) is 2.97. The Kier molecular flexibility index (Phi) is 8.46. The van der Waals surface area contributed by atoms with Crippen LogP contribution in [0, 0.1) is 5.82 Å². The van der Waals surface area contributed by atoms with Crippen LogP contribution in [0.4, 0.5) is 9.18 Å². The number of benzene rings is 1. The number of morpholine rings is 1. The number of ether oxygens (including phenoxy) is 2. The van der Waals surface area contributed by atoms with Crippen LogP contribution in [0.5, 0.6) is 5.75 Å². The number of likely N-dealkylation sites (N-methyl/N-ethyl adjacent to an activating group) is 1. The Labute approximate surface area is 164 Å². The van der Waals surface area contributed by atoms with E-state index in [0.29, 0.717) is 45.0 Å². The summed E-state index contributed by atoms with van der Waals surface area (Å²) in [5.74, 6) is -0.852. The van der Waals surface area contributed by atoms with Crippen molar-refractivity contribution in [2.45, 2.75) is 25.6 Å². The Morgan fingerprint density at radius 3 is 2.96 bits per heavy atom. The van der Waals surface area contributed by atoms with Gasteiger partial charge in [-0.2, -0.15) is 0 Å². The predicted octanol–water partition coefficient (Wildman–Crippen LogP) is 1.41. The van der Waals surface area contributed by atoms with Crippen LogP contribution < -0.4 is 10.1 Å². The van der Waals surface area contributed by atoms with Gasteiger partial charge in [-0.25, -0.2) is 9.18 Å². The molecule has 1 aromatic rings. The lowest BCUT2D eigenvalue weighted by molar-refractivity contribution is -0.138. The molecule has 8 nitrogen and oxygen atoms in total. The summed E-state index contributed by atoms with van der Waals surface area (Å²) in [5, 5.41) is 11.7. The van der Waals surface area contributed by atoms with E-state index < -0.39 is 5.97 Å². The van der Waals surface area contributed by atoms with Gasteiger partial charge in [0, 0.05) is 25.7 Å². The van der Waals surface area contributed by atoms with Crippen molar-refractivity contribution >= 4 is 12.0 Å². The highest BCUT2D eigenvalue weighted by molar-refractivity contribution is 5.74. The summed E-state index contributed by atoms with van der Waals surface area (Å²) in [6, 6.07) is 5.68. The molecular formula is C19H28FN3O5. The van der Waals surface area contributed by atoms with E-state index in [-0.39, 0.29) is 30.6 Å². The van der Waals surface area contributed by atoms with Gasteiger partial charge in [0.15, 0.2) is 0 Å². The standard InChI is InChI=1S/C19H28FN3O5/c1-3-15(28-16-6-4-5-14(20)9-16)10-21-19(26)23-7-8-27-17(12-23)11-22(2)13-18(24)25/h4-6,9,15,17H,3,7-8,10-13H2,1-2H3,(H,21,26)(H,24,25). The number of aliphatic carboxylic acids is 1. The molecule has 0 radical (unpaired) electrons. The summed E-state index contributed by atoms with van der Waals surface area (Å²) in [7, 11) is 1.70. The molecule has 2 N–H and O–H groups in total. The van der Waals surface area contributed by atoms with E-state index in [9.17, 15) is 14.0 Å². The third kappa shape index (κ3) is 7.32. The van der Waals surface area contributed by atoms with E-state index in [2.05, 4.69) is 5.32 Å². The molecule has 2 amide bonds. The van der Waals surface area contributed by atoms with Gasteiger partial charge in [-0.1, -0.05) is 13.0 Å². The van der Waals surface area contributed by atoms with Crippen molar-refractivity contribution in [2.24, 2.45) is 0 Å². The maximum atomic E-state index is 13.3. The number of urea groups is 1. The lowest BCUT2D eigenvalue weighted by Crippen LogP contribution is -2.53. The summed E-state index contributed by atoms with van der Waals surface area (Å²) >= 11 is 0. The molecule has 0 aromatic heterocycles. The molecule has 0 spiro atoms. The predicted molar refractivity (Wildman–Crippen MR) is 101 cm³/mol. The number of halogens is 1. The molecule has 1 heterocycles. The van der Waals surface area contributed by atoms with Crippen LogP contribution in [0.1, 0.15) is 13.3 Å². The number of hydrogen-bond acceptors (Lipinski definition) is 5. The molecule has 9 heteroatoms. The van der Waals surface area contributed by atoms with E-state index in [0.717, 1.165) is 0 Å². The zero-order valence-corrected chi connectivity index (χ0v) is 16.3. The van der Waals surface area contributed by atoms with Gasteiger partial charge in [-0.3, -0.25) is 9.69 Å². The average molecular weight is 397 g/mol. The van der Waals surface area contributed by atoms with Crippen LogP contribution in [-0.4, -0.2) is 85.5 Å². The number of carbonyl (C=O) groups is 2. The Bertz CT molecular complexity index is 660. The van der Waals surface area contributed by atoms with Crippen LogP contribution in [0.2, 0.25) is 0 Å².